The summed E-state index contributed by atoms with van der Waals surface area (Å²) in [4.78, 5) is 0. The van der Waals surface area contributed by atoms with E-state index in [0.29, 0.717) is 11.8 Å². The average Bonchev–Trinajstić information content (AvgIpc) is 2.84. The Morgan fingerprint density at radius 3 is 2.28 bits per heavy atom. The van der Waals surface area contributed by atoms with Crippen LogP contribution in [-0.4, -0.2) is 0 Å². The second kappa shape index (κ2) is 10.9. The Kier molecular flexibility index (Phi) is 7.79. The van der Waals surface area contributed by atoms with Gasteiger partial charge in [-0.1, -0.05) is 80.4 Å². The predicted molar refractivity (Wildman–Crippen MR) is 136 cm³/mol. The summed E-state index contributed by atoms with van der Waals surface area (Å²) in [5.41, 5.74) is 5.01. The first-order valence-corrected chi connectivity index (χ1v) is 12.6. The van der Waals surface area contributed by atoms with Crippen molar-refractivity contribution in [2.45, 2.75) is 77.0 Å². The van der Waals surface area contributed by atoms with Gasteiger partial charge in [-0.2, -0.15) is 0 Å². The highest BCUT2D eigenvalue weighted by atomic mass is 19.1. The van der Waals surface area contributed by atoms with Crippen molar-refractivity contribution < 1.29 is 4.39 Å². The van der Waals surface area contributed by atoms with Gasteiger partial charge in [0.05, 0.1) is 0 Å². The van der Waals surface area contributed by atoms with Crippen molar-refractivity contribution in [1.29, 1.82) is 0 Å². The molecule has 1 aliphatic rings. The van der Waals surface area contributed by atoms with Crippen molar-refractivity contribution in [3.05, 3.63) is 95.3 Å². The Morgan fingerprint density at radius 1 is 0.844 bits per heavy atom. The van der Waals surface area contributed by atoms with E-state index in [2.05, 4.69) is 62.0 Å². The molecule has 0 nitrogen and oxygen atoms in total. The minimum absolute atomic E-state index is 0.0251. The largest absolute Gasteiger partial charge is 0.206 e. The molecule has 0 amide bonds. The van der Waals surface area contributed by atoms with Crippen LogP contribution in [0.2, 0.25) is 0 Å². The maximum Gasteiger partial charge on any atom is 0.134 e. The second-order valence-electron chi connectivity index (χ2n) is 9.64. The van der Waals surface area contributed by atoms with Gasteiger partial charge >= 0.3 is 0 Å². The molecule has 32 heavy (non-hydrogen) atoms. The molecule has 0 N–H and O–H groups in total. The zero-order valence-corrected chi connectivity index (χ0v) is 19.6. The van der Waals surface area contributed by atoms with E-state index in [0.717, 1.165) is 54.9 Å². The summed E-state index contributed by atoms with van der Waals surface area (Å²) in [5.74, 6) is 1.40. The lowest BCUT2D eigenvalue weighted by atomic mass is 9.78. The summed E-state index contributed by atoms with van der Waals surface area (Å²) < 4.78 is 14.9. The van der Waals surface area contributed by atoms with E-state index >= 15 is 0 Å². The third-order valence-corrected chi connectivity index (χ3v) is 7.41. The highest BCUT2D eigenvalue weighted by Crippen LogP contribution is 2.36. The molecule has 0 aliphatic heterocycles. The zero-order valence-electron chi connectivity index (χ0n) is 19.6. The topological polar surface area (TPSA) is 0 Å². The molecule has 4 rings (SSSR count). The minimum atomic E-state index is -0.0251. The number of halogens is 1. The van der Waals surface area contributed by atoms with Crippen molar-refractivity contribution in [2.75, 3.05) is 0 Å². The quantitative estimate of drug-likeness (QED) is 0.236. The molecule has 0 bridgehead atoms. The van der Waals surface area contributed by atoms with E-state index in [1.54, 1.807) is 0 Å². The van der Waals surface area contributed by atoms with E-state index in [9.17, 15) is 4.39 Å². The van der Waals surface area contributed by atoms with E-state index < -0.39 is 0 Å². The van der Waals surface area contributed by atoms with Crippen molar-refractivity contribution in [2.24, 2.45) is 5.92 Å². The van der Waals surface area contributed by atoms with E-state index in [-0.39, 0.29) is 5.82 Å². The highest BCUT2D eigenvalue weighted by molar-refractivity contribution is 5.84. The Hall–Kier alpha value is -2.41. The van der Waals surface area contributed by atoms with Gasteiger partial charge in [0.2, 0.25) is 0 Å². The number of unbranched alkanes of at least 4 members (excludes halogenated alkanes) is 2. The fourth-order valence-electron chi connectivity index (χ4n) is 5.23. The molecule has 3 aromatic rings. The first kappa shape index (κ1) is 22.8. The Morgan fingerprint density at radius 2 is 1.56 bits per heavy atom. The number of fused-ring (bicyclic) bond motifs is 1. The number of hydrogen-bond acceptors (Lipinski definition) is 0. The third-order valence-electron chi connectivity index (χ3n) is 7.41. The molecule has 0 atom stereocenters. The number of allylic oxidation sites excluding steroid dienone is 1. The molecule has 1 aliphatic carbocycles. The summed E-state index contributed by atoms with van der Waals surface area (Å²) in [7, 11) is 0. The van der Waals surface area contributed by atoms with Crippen LogP contribution in [0, 0.1) is 11.7 Å². The Balaban J connectivity index is 1.36. The average molecular weight is 429 g/mol. The number of hydrogen-bond donors (Lipinski definition) is 0. The van der Waals surface area contributed by atoms with Gasteiger partial charge in [-0.3, -0.25) is 0 Å². The summed E-state index contributed by atoms with van der Waals surface area (Å²) in [6.07, 6.45) is 13.5. The van der Waals surface area contributed by atoms with Crippen LogP contribution in [0.5, 0.6) is 0 Å². The lowest BCUT2D eigenvalue weighted by Crippen LogP contribution is -2.11. The van der Waals surface area contributed by atoms with Gasteiger partial charge < -0.3 is 0 Å². The van der Waals surface area contributed by atoms with Crippen molar-refractivity contribution in [3.63, 3.8) is 0 Å². The molecule has 0 unspecified atom stereocenters. The summed E-state index contributed by atoms with van der Waals surface area (Å²) in [6.45, 7) is 6.14. The predicted octanol–water partition coefficient (Wildman–Crippen LogP) is 8.96. The third kappa shape index (κ3) is 5.49. The summed E-state index contributed by atoms with van der Waals surface area (Å²) in [5, 5.41) is 1.78. The second-order valence-corrected chi connectivity index (χ2v) is 9.64. The number of aryl methyl sites for hydroxylation is 3. The maximum absolute atomic E-state index is 14.9. The van der Waals surface area contributed by atoms with E-state index in [4.69, 9.17) is 0 Å². The SMILES string of the molecule is C=CC1CCC(c2ccc(CCc3ccc4c(F)c(CCCCC)ccc4c3)cc2)CC1. The van der Waals surface area contributed by atoms with Gasteiger partial charge in [-0.05, 0) is 90.8 Å². The molecule has 0 heterocycles. The van der Waals surface area contributed by atoms with Crippen LogP contribution in [0.15, 0.2) is 67.3 Å². The monoisotopic (exact) mass is 428 g/mol. The van der Waals surface area contributed by atoms with Gasteiger partial charge in [0.15, 0.2) is 0 Å². The van der Waals surface area contributed by atoms with Crippen LogP contribution in [0.1, 0.15) is 80.0 Å². The van der Waals surface area contributed by atoms with Crippen LogP contribution >= 0.6 is 0 Å². The molecule has 0 spiro atoms. The van der Waals surface area contributed by atoms with E-state index in [1.807, 2.05) is 12.1 Å². The van der Waals surface area contributed by atoms with Crippen molar-refractivity contribution in [1.82, 2.24) is 0 Å². The lowest BCUT2D eigenvalue weighted by molar-refractivity contribution is 0.376. The minimum Gasteiger partial charge on any atom is -0.206 e. The molecule has 0 aromatic heterocycles. The molecule has 168 valence electrons. The first-order chi connectivity index (χ1) is 15.7. The Labute approximate surface area is 193 Å². The molecule has 3 aromatic carbocycles. The lowest BCUT2D eigenvalue weighted by Gasteiger charge is -2.27. The van der Waals surface area contributed by atoms with Gasteiger partial charge in [-0.15, -0.1) is 6.58 Å². The molecular weight excluding hydrogens is 391 g/mol. The normalized spacial score (nSPS) is 18.7. The van der Waals surface area contributed by atoms with Gasteiger partial charge in [0.25, 0.3) is 0 Å². The maximum atomic E-state index is 14.9. The fourth-order valence-corrected chi connectivity index (χ4v) is 5.23. The van der Waals surface area contributed by atoms with Crippen LogP contribution in [0.25, 0.3) is 10.8 Å². The number of benzene rings is 3. The Bertz CT molecular complexity index is 1020. The van der Waals surface area contributed by atoms with Crippen molar-refractivity contribution >= 4 is 10.8 Å². The standard InChI is InChI=1S/C31H37F/c1-3-5-6-7-28-19-20-29-22-25(14-21-30(29)31(28)32)9-8-24-12-17-27(18-13-24)26-15-10-23(4-2)11-16-26/h4,12-14,17-23,26H,2-3,5-11,15-16H2,1H3. The zero-order chi connectivity index (χ0) is 22.3. The summed E-state index contributed by atoms with van der Waals surface area (Å²) >= 11 is 0. The molecular formula is C31H37F. The van der Waals surface area contributed by atoms with Crippen LogP contribution in [0.4, 0.5) is 4.39 Å². The van der Waals surface area contributed by atoms with Gasteiger partial charge in [0.1, 0.15) is 5.82 Å². The molecule has 1 heteroatoms. The molecule has 0 radical (unpaired) electrons. The summed E-state index contributed by atoms with van der Waals surface area (Å²) in [6, 6.07) is 19.6. The van der Waals surface area contributed by atoms with Crippen LogP contribution in [-0.2, 0) is 19.3 Å². The van der Waals surface area contributed by atoms with Gasteiger partial charge in [-0.25, -0.2) is 4.39 Å². The fraction of sp³-hybridized carbons (Fsp3) is 0.419. The van der Waals surface area contributed by atoms with Crippen molar-refractivity contribution in [3.8, 4) is 0 Å². The molecule has 1 saturated carbocycles. The first-order valence-electron chi connectivity index (χ1n) is 12.6. The highest BCUT2D eigenvalue weighted by Gasteiger charge is 2.20. The smallest absolute Gasteiger partial charge is 0.134 e. The molecule has 0 saturated heterocycles. The van der Waals surface area contributed by atoms with Crippen LogP contribution < -0.4 is 0 Å². The van der Waals surface area contributed by atoms with E-state index in [1.165, 1.54) is 42.4 Å². The molecule has 1 fully saturated rings. The number of rotatable bonds is 9. The van der Waals surface area contributed by atoms with Crippen LogP contribution in [0.3, 0.4) is 0 Å². The van der Waals surface area contributed by atoms with Gasteiger partial charge in [0, 0.05) is 5.39 Å².